The van der Waals surface area contributed by atoms with Gasteiger partial charge in [-0.2, -0.15) is 0 Å². The quantitative estimate of drug-likeness (QED) is 0.127. The number of carbonyl (C=O) groups is 2. The Balaban J connectivity index is 2.47. The Hall–Kier alpha value is -1.01. The summed E-state index contributed by atoms with van der Waals surface area (Å²) in [4.78, 5) is 23.3. The minimum Gasteiger partial charge on any atom is -0.481 e. The number of ether oxygens (including phenoxy) is 1. The van der Waals surface area contributed by atoms with E-state index in [2.05, 4.69) is 13.0 Å². The molecule has 2 N–H and O–H groups in total. The number of aliphatic hydroxyl groups excluding tert-OH is 1. The summed E-state index contributed by atoms with van der Waals surface area (Å²) in [6.45, 7) is 4.12. The number of methoxy groups -OCH3 is 1. The highest BCUT2D eigenvalue weighted by Crippen LogP contribution is 2.41. The van der Waals surface area contributed by atoms with Gasteiger partial charge in [-0.15, -0.1) is 11.8 Å². The number of esters is 1. The van der Waals surface area contributed by atoms with Crippen LogP contribution in [-0.2, 0) is 14.3 Å². The SMILES string of the molecule is CCCCCCCCCCCCCC=C1CCC(C(CC)C(=O)O)C(O)C1SCC(=O)OC. The normalized spacial score (nSPS) is 22.9. The van der Waals surface area contributed by atoms with Crippen molar-refractivity contribution in [1.29, 1.82) is 0 Å². The van der Waals surface area contributed by atoms with Crippen molar-refractivity contribution in [3.63, 3.8) is 0 Å². The third kappa shape index (κ3) is 11.8. The fourth-order valence-corrected chi connectivity index (χ4v) is 6.19. The van der Waals surface area contributed by atoms with Gasteiger partial charge in [0.25, 0.3) is 0 Å². The van der Waals surface area contributed by atoms with Gasteiger partial charge in [-0.05, 0) is 38.0 Å². The van der Waals surface area contributed by atoms with Crippen molar-refractivity contribution in [3.8, 4) is 0 Å². The molecule has 0 bridgehead atoms. The molecule has 1 fully saturated rings. The van der Waals surface area contributed by atoms with E-state index in [4.69, 9.17) is 4.74 Å². The molecular formula is C27H48O5S. The van der Waals surface area contributed by atoms with Gasteiger partial charge in [-0.25, -0.2) is 0 Å². The monoisotopic (exact) mass is 484 g/mol. The lowest BCUT2D eigenvalue weighted by molar-refractivity contribution is -0.146. The van der Waals surface area contributed by atoms with E-state index >= 15 is 0 Å². The van der Waals surface area contributed by atoms with Crippen molar-refractivity contribution in [1.82, 2.24) is 0 Å². The van der Waals surface area contributed by atoms with Gasteiger partial charge in [0.2, 0.25) is 0 Å². The van der Waals surface area contributed by atoms with Crippen LogP contribution in [0.3, 0.4) is 0 Å². The first-order chi connectivity index (χ1) is 16.0. The number of aliphatic carboxylic acids is 1. The van der Waals surface area contributed by atoms with Gasteiger partial charge >= 0.3 is 11.9 Å². The number of hydrogen-bond donors (Lipinski definition) is 2. The molecule has 0 amide bonds. The molecule has 0 aromatic heterocycles. The Labute approximate surface area is 206 Å². The number of thioether (sulfide) groups is 1. The Bertz CT molecular complexity index is 577. The van der Waals surface area contributed by atoms with Gasteiger partial charge in [0, 0.05) is 0 Å². The third-order valence-electron chi connectivity index (χ3n) is 6.98. The van der Waals surface area contributed by atoms with E-state index in [1.165, 1.54) is 88.7 Å². The van der Waals surface area contributed by atoms with E-state index < -0.39 is 18.0 Å². The molecule has 1 aliphatic rings. The minimum atomic E-state index is -0.841. The molecule has 5 nitrogen and oxygen atoms in total. The Morgan fingerprint density at radius 1 is 1.03 bits per heavy atom. The van der Waals surface area contributed by atoms with Crippen LogP contribution in [0.5, 0.6) is 0 Å². The number of allylic oxidation sites excluding steroid dienone is 1. The van der Waals surface area contributed by atoms with E-state index in [1.54, 1.807) is 0 Å². The summed E-state index contributed by atoms with van der Waals surface area (Å²) in [6, 6.07) is 0. The maximum atomic E-state index is 11.7. The second-order valence-electron chi connectivity index (χ2n) is 9.46. The van der Waals surface area contributed by atoms with Crippen LogP contribution in [0.4, 0.5) is 0 Å². The van der Waals surface area contributed by atoms with Gasteiger partial charge in [0.15, 0.2) is 0 Å². The number of carboxylic acids is 1. The largest absolute Gasteiger partial charge is 0.481 e. The van der Waals surface area contributed by atoms with Gasteiger partial charge in [-0.1, -0.05) is 89.7 Å². The molecule has 0 saturated heterocycles. The molecule has 0 spiro atoms. The van der Waals surface area contributed by atoms with Gasteiger partial charge < -0.3 is 14.9 Å². The second-order valence-corrected chi connectivity index (χ2v) is 10.6. The first kappa shape index (κ1) is 30.0. The van der Waals surface area contributed by atoms with Crippen LogP contribution in [0.1, 0.15) is 110 Å². The van der Waals surface area contributed by atoms with E-state index in [1.807, 2.05) is 6.92 Å². The topological polar surface area (TPSA) is 83.8 Å². The summed E-state index contributed by atoms with van der Waals surface area (Å²) in [5.74, 6) is -1.81. The van der Waals surface area contributed by atoms with Crippen molar-refractivity contribution in [3.05, 3.63) is 11.6 Å². The molecule has 192 valence electrons. The number of rotatable bonds is 18. The lowest BCUT2D eigenvalue weighted by atomic mass is 9.74. The maximum absolute atomic E-state index is 11.7. The Morgan fingerprint density at radius 3 is 2.12 bits per heavy atom. The van der Waals surface area contributed by atoms with Crippen LogP contribution in [0.25, 0.3) is 0 Å². The number of carboxylic acid groups (broad SMARTS) is 1. The number of carbonyl (C=O) groups excluding carboxylic acids is 1. The van der Waals surface area contributed by atoms with Crippen LogP contribution in [0.2, 0.25) is 0 Å². The second kappa shape index (κ2) is 18.3. The molecule has 1 aliphatic carbocycles. The summed E-state index contributed by atoms with van der Waals surface area (Å²) in [5, 5.41) is 20.4. The fourth-order valence-electron chi connectivity index (χ4n) is 4.93. The first-order valence-electron chi connectivity index (χ1n) is 13.2. The van der Waals surface area contributed by atoms with Crippen molar-refractivity contribution in [2.24, 2.45) is 11.8 Å². The van der Waals surface area contributed by atoms with Crippen molar-refractivity contribution in [2.75, 3.05) is 12.9 Å². The summed E-state index contributed by atoms with van der Waals surface area (Å²) >= 11 is 1.39. The molecule has 33 heavy (non-hydrogen) atoms. The predicted octanol–water partition coefficient (Wildman–Crippen LogP) is 6.77. The van der Waals surface area contributed by atoms with E-state index in [0.717, 1.165) is 19.3 Å². The molecule has 0 radical (unpaired) electrons. The zero-order valence-electron chi connectivity index (χ0n) is 21.2. The van der Waals surface area contributed by atoms with Crippen LogP contribution in [0.15, 0.2) is 11.6 Å². The van der Waals surface area contributed by atoms with E-state index in [-0.39, 0.29) is 22.9 Å². The van der Waals surface area contributed by atoms with Crippen molar-refractivity contribution in [2.45, 2.75) is 122 Å². The highest BCUT2D eigenvalue weighted by Gasteiger charge is 2.41. The third-order valence-corrected chi connectivity index (χ3v) is 8.32. The Morgan fingerprint density at radius 2 is 1.61 bits per heavy atom. The molecule has 4 unspecified atom stereocenters. The van der Waals surface area contributed by atoms with Crippen LogP contribution in [0, 0.1) is 11.8 Å². The molecule has 0 aromatic carbocycles. The lowest BCUT2D eigenvalue weighted by Gasteiger charge is -2.39. The minimum absolute atomic E-state index is 0.171. The van der Waals surface area contributed by atoms with Crippen molar-refractivity contribution >= 4 is 23.7 Å². The predicted molar refractivity (Wildman–Crippen MR) is 138 cm³/mol. The number of hydrogen-bond acceptors (Lipinski definition) is 5. The standard InChI is InChI=1S/C27H48O5S/c1-4-6-7-8-9-10-11-12-13-14-15-16-17-21-18-19-23(22(5-2)27(30)31)25(29)26(21)33-20-24(28)32-3/h17,22-23,25-26,29H,4-16,18-20H2,1-3H3,(H,30,31). The molecule has 1 rings (SSSR count). The first-order valence-corrected chi connectivity index (χ1v) is 14.3. The maximum Gasteiger partial charge on any atom is 0.315 e. The molecule has 6 heteroatoms. The smallest absolute Gasteiger partial charge is 0.315 e. The van der Waals surface area contributed by atoms with Gasteiger partial charge in [0.05, 0.1) is 30.1 Å². The number of aliphatic hydroxyl groups is 1. The van der Waals surface area contributed by atoms with E-state index in [0.29, 0.717) is 12.8 Å². The molecule has 4 atom stereocenters. The fraction of sp³-hybridized carbons (Fsp3) is 0.852. The Kier molecular flexibility index (Phi) is 16.7. The van der Waals surface area contributed by atoms with Crippen molar-refractivity contribution < 1.29 is 24.5 Å². The molecule has 1 saturated carbocycles. The average molecular weight is 485 g/mol. The average Bonchev–Trinajstić information content (AvgIpc) is 2.80. The summed E-state index contributed by atoms with van der Waals surface area (Å²) in [6.07, 6.45) is 18.9. The summed E-state index contributed by atoms with van der Waals surface area (Å²) in [7, 11) is 1.36. The van der Waals surface area contributed by atoms with E-state index in [9.17, 15) is 19.8 Å². The number of unbranched alkanes of at least 4 members (excludes halogenated alkanes) is 11. The molecular weight excluding hydrogens is 436 g/mol. The lowest BCUT2D eigenvalue weighted by Crippen LogP contribution is -2.43. The molecule has 0 aliphatic heterocycles. The van der Waals surface area contributed by atoms with Gasteiger partial charge in [-0.3, -0.25) is 9.59 Å². The zero-order valence-corrected chi connectivity index (χ0v) is 22.0. The highest BCUT2D eigenvalue weighted by atomic mass is 32.2. The summed E-state index contributed by atoms with van der Waals surface area (Å²) in [5.41, 5.74) is 1.17. The van der Waals surface area contributed by atoms with Gasteiger partial charge in [0.1, 0.15) is 0 Å². The molecule has 0 aromatic rings. The van der Waals surface area contributed by atoms with Crippen LogP contribution >= 0.6 is 11.8 Å². The summed E-state index contributed by atoms with van der Waals surface area (Å²) < 4.78 is 4.77. The zero-order chi connectivity index (χ0) is 24.5. The molecule has 0 heterocycles. The van der Waals surface area contributed by atoms with Crippen LogP contribution < -0.4 is 0 Å². The van der Waals surface area contributed by atoms with Crippen LogP contribution in [-0.4, -0.2) is 46.4 Å². The highest BCUT2D eigenvalue weighted by molar-refractivity contribution is 8.00.